The number of Topliss-reactive ketones (excluding diaryl/α,β-unsaturated/α-hetero) is 1. The molecule has 0 spiro atoms. The largest absolute Gasteiger partial charge is 0.383 e. The molecule has 6 nitrogen and oxygen atoms in total. The molecule has 2 atom stereocenters. The molecular formula is C11H16ClN3O3. The lowest BCUT2D eigenvalue weighted by molar-refractivity contribution is 0.0881. The van der Waals surface area contributed by atoms with Gasteiger partial charge in [-0.2, -0.15) is 5.10 Å². The average Bonchev–Trinajstić information content (AvgIpc) is 2.92. The summed E-state index contributed by atoms with van der Waals surface area (Å²) in [4.78, 5) is 12.4. The summed E-state index contributed by atoms with van der Waals surface area (Å²) in [5, 5.41) is 4.42. The summed E-state index contributed by atoms with van der Waals surface area (Å²) in [6.07, 6.45) is 1.46. The minimum Gasteiger partial charge on any atom is -0.383 e. The van der Waals surface area contributed by atoms with Crippen LogP contribution in [-0.2, 0) is 16.0 Å². The molecule has 0 aromatic carbocycles. The number of carbonyl (C=O) groups is 1. The average molecular weight is 274 g/mol. The third kappa shape index (κ3) is 2.56. The van der Waals surface area contributed by atoms with Crippen LogP contribution >= 0.6 is 11.6 Å². The fourth-order valence-electron chi connectivity index (χ4n) is 1.97. The molecule has 1 aliphatic rings. The molecule has 2 N–H and O–H groups in total. The first kappa shape index (κ1) is 13.5. The van der Waals surface area contributed by atoms with Crippen LogP contribution in [0.15, 0.2) is 6.20 Å². The SMILES string of the molecule is COCCn1ncc(Cl)c1C(=O)C1COCC1N. The van der Waals surface area contributed by atoms with E-state index in [1.54, 1.807) is 11.8 Å². The van der Waals surface area contributed by atoms with Crippen molar-refractivity contribution in [2.24, 2.45) is 11.7 Å². The lowest BCUT2D eigenvalue weighted by atomic mass is 9.97. The Bertz CT molecular complexity index is 435. The highest BCUT2D eigenvalue weighted by atomic mass is 35.5. The van der Waals surface area contributed by atoms with E-state index in [2.05, 4.69) is 5.10 Å². The smallest absolute Gasteiger partial charge is 0.189 e. The summed E-state index contributed by atoms with van der Waals surface area (Å²) < 4.78 is 11.7. The number of rotatable bonds is 5. The van der Waals surface area contributed by atoms with Gasteiger partial charge in [0.1, 0.15) is 5.69 Å². The number of methoxy groups -OCH3 is 1. The molecule has 0 aliphatic carbocycles. The number of ether oxygens (including phenoxy) is 2. The molecule has 7 heteroatoms. The molecule has 1 saturated heterocycles. The normalized spacial score (nSPS) is 23.5. The predicted octanol–water partition coefficient (Wildman–Crippen LogP) is 0.339. The van der Waals surface area contributed by atoms with Crippen LogP contribution in [0.2, 0.25) is 5.02 Å². The molecule has 1 aromatic heterocycles. The van der Waals surface area contributed by atoms with Crippen LogP contribution in [-0.4, -0.2) is 48.5 Å². The van der Waals surface area contributed by atoms with Crippen LogP contribution in [0, 0.1) is 5.92 Å². The maximum Gasteiger partial charge on any atom is 0.189 e. The zero-order valence-corrected chi connectivity index (χ0v) is 10.9. The number of hydrogen-bond acceptors (Lipinski definition) is 5. The second-order valence-corrected chi connectivity index (χ2v) is 4.64. The third-order valence-corrected chi connectivity index (χ3v) is 3.27. The number of carbonyl (C=O) groups excluding carboxylic acids is 1. The van der Waals surface area contributed by atoms with Crippen LogP contribution in [0.25, 0.3) is 0 Å². The van der Waals surface area contributed by atoms with Crippen molar-refractivity contribution in [1.29, 1.82) is 0 Å². The van der Waals surface area contributed by atoms with E-state index in [9.17, 15) is 4.79 Å². The van der Waals surface area contributed by atoms with Gasteiger partial charge in [-0.25, -0.2) is 0 Å². The molecule has 100 valence electrons. The molecule has 0 bridgehead atoms. The second-order valence-electron chi connectivity index (χ2n) is 4.23. The molecule has 0 amide bonds. The summed E-state index contributed by atoms with van der Waals surface area (Å²) in [7, 11) is 1.59. The van der Waals surface area contributed by atoms with Gasteiger partial charge in [0.05, 0.1) is 43.5 Å². The van der Waals surface area contributed by atoms with Crippen molar-refractivity contribution >= 4 is 17.4 Å². The zero-order valence-electron chi connectivity index (χ0n) is 10.1. The second kappa shape index (κ2) is 5.79. The van der Waals surface area contributed by atoms with E-state index in [1.807, 2.05) is 0 Å². The van der Waals surface area contributed by atoms with Gasteiger partial charge in [-0.15, -0.1) is 0 Å². The Hall–Kier alpha value is -0.950. The highest BCUT2D eigenvalue weighted by Crippen LogP contribution is 2.23. The van der Waals surface area contributed by atoms with Gasteiger partial charge in [0, 0.05) is 13.2 Å². The molecule has 0 radical (unpaired) electrons. The van der Waals surface area contributed by atoms with E-state index in [4.69, 9.17) is 26.8 Å². The number of aromatic nitrogens is 2. The Morgan fingerprint density at radius 2 is 2.50 bits per heavy atom. The van der Waals surface area contributed by atoms with Crippen LogP contribution in [0.3, 0.4) is 0 Å². The van der Waals surface area contributed by atoms with Crippen molar-refractivity contribution < 1.29 is 14.3 Å². The fraction of sp³-hybridized carbons (Fsp3) is 0.636. The van der Waals surface area contributed by atoms with E-state index in [0.717, 1.165) is 0 Å². The fourth-order valence-corrected chi connectivity index (χ4v) is 2.21. The summed E-state index contributed by atoms with van der Waals surface area (Å²) in [6.45, 7) is 1.69. The quantitative estimate of drug-likeness (QED) is 0.783. The van der Waals surface area contributed by atoms with E-state index >= 15 is 0 Å². The highest BCUT2D eigenvalue weighted by Gasteiger charge is 2.34. The molecule has 2 rings (SSSR count). The number of halogens is 1. The molecule has 18 heavy (non-hydrogen) atoms. The van der Waals surface area contributed by atoms with E-state index in [0.29, 0.717) is 37.1 Å². The molecule has 2 heterocycles. The van der Waals surface area contributed by atoms with Crippen molar-refractivity contribution in [3.8, 4) is 0 Å². The van der Waals surface area contributed by atoms with E-state index in [1.165, 1.54) is 6.20 Å². The lowest BCUT2D eigenvalue weighted by Crippen LogP contribution is -2.35. The number of ketones is 1. The van der Waals surface area contributed by atoms with E-state index in [-0.39, 0.29) is 17.7 Å². The molecule has 2 unspecified atom stereocenters. The van der Waals surface area contributed by atoms with Gasteiger partial charge in [0.25, 0.3) is 0 Å². The predicted molar refractivity (Wildman–Crippen MR) is 65.7 cm³/mol. The van der Waals surface area contributed by atoms with Crippen LogP contribution in [0.4, 0.5) is 0 Å². The maximum atomic E-state index is 12.4. The summed E-state index contributed by atoms with van der Waals surface area (Å²) in [5.41, 5.74) is 6.23. The third-order valence-electron chi connectivity index (χ3n) is 3.00. The molecular weight excluding hydrogens is 258 g/mol. The number of hydrogen-bond donors (Lipinski definition) is 1. The van der Waals surface area contributed by atoms with Crippen LogP contribution in [0.5, 0.6) is 0 Å². The van der Waals surface area contributed by atoms with Gasteiger partial charge in [-0.1, -0.05) is 11.6 Å². The van der Waals surface area contributed by atoms with Gasteiger partial charge in [-0.05, 0) is 0 Å². The summed E-state index contributed by atoms with van der Waals surface area (Å²) in [6, 6.07) is -0.278. The molecule has 0 saturated carbocycles. The Labute approximate surface area is 110 Å². The van der Waals surface area contributed by atoms with Crippen molar-refractivity contribution in [3.63, 3.8) is 0 Å². The molecule has 1 aliphatic heterocycles. The van der Waals surface area contributed by atoms with Crippen LogP contribution in [0.1, 0.15) is 10.5 Å². The van der Waals surface area contributed by atoms with Gasteiger partial charge in [-0.3, -0.25) is 9.48 Å². The van der Waals surface area contributed by atoms with Crippen molar-refractivity contribution in [2.45, 2.75) is 12.6 Å². The monoisotopic (exact) mass is 273 g/mol. The first-order valence-electron chi connectivity index (χ1n) is 5.73. The molecule has 1 fully saturated rings. The van der Waals surface area contributed by atoms with Gasteiger partial charge in [0.2, 0.25) is 0 Å². The van der Waals surface area contributed by atoms with Gasteiger partial charge in [0.15, 0.2) is 5.78 Å². The van der Waals surface area contributed by atoms with Crippen molar-refractivity contribution in [2.75, 3.05) is 26.9 Å². The van der Waals surface area contributed by atoms with Crippen molar-refractivity contribution in [1.82, 2.24) is 9.78 Å². The van der Waals surface area contributed by atoms with Gasteiger partial charge >= 0.3 is 0 Å². The minimum atomic E-state index is -0.347. The zero-order chi connectivity index (χ0) is 13.1. The topological polar surface area (TPSA) is 79.4 Å². The van der Waals surface area contributed by atoms with Gasteiger partial charge < -0.3 is 15.2 Å². The standard InChI is InChI=1S/C11H16ClN3O3/c1-17-3-2-15-10(8(12)4-14-15)11(16)7-5-18-6-9(7)13/h4,7,9H,2-3,5-6,13H2,1H3. The molecule has 1 aromatic rings. The minimum absolute atomic E-state index is 0.112. The first-order valence-corrected chi connectivity index (χ1v) is 6.10. The maximum absolute atomic E-state index is 12.4. The highest BCUT2D eigenvalue weighted by molar-refractivity contribution is 6.33. The Kier molecular flexibility index (Phi) is 4.34. The summed E-state index contributed by atoms with van der Waals surface area (Å²) >= 11 is 6.02. The number of nitrogens with zero attached hydrogens (tertiary/aromatic N) is 2. The Balaban J connectivity index is 2.20. The number of nitrogens with two attached hydrogens (primary N) is 1. The Morgan fingerprint density at radius 1 is 1.72 bits per heavy atom. The van der Waals surface area contributed by atoms with E-state index < -0.39 is 0 Å². The summed E-state index contributed by atoms with van der Waals surface area (Å²) in [5.74, 6) is -0.459. The van der Waals surface area contributed by atoms with Crippen molar-refractivity contribution in [3.05, 3.63) is 16.9 Å². The lowest BCUT2D eigenvalue weighted by Gasteiger charge is -2.13. The first-order chi connectivity index (χ1) is 8.65. The van der Waals surface area contributed by atoms with Crippen LogP contribution < -0.4 is 5.73 Å². The Morgan fingerprint density at radius 3 is 3.11 bits per heavy atom.